The van der Waals surface area contributed by atoms with E-state index in [4.69, 9.17) is 0 Å². The highest BCUT2D eigenvalue weighted by atomic mass is 16.4. The van der Waals surface area contributed by atoms with Crippen LogP contribution in [-0.2, 0) is 4.79 Å². The molecule has 2 atom stereocenters. The van der Waals surface area contributed by atoms with Gasteiger partial charge in [-0.05, 0) is 45.6 Å². The van der Waals surface area contributed by atoms with Gasteiger partial charge < -0.3 is 5.11 Å². The quantitative estimate of drug-likeness (QED) is 0.801. The van der Waals surface area contributed by atoms with Gasteiger partial charge >= 0.3 is 5.97 Å². The van der Waals surface area contributed by atoms with Gasteiger partial charge in [-0.25, -0.2) is 0 Å². The first-order chi connectivity index (χ1) is 7.53. The molecule has 0 radical (unpaired) electrons. The smallest absolute Gasteiger partial charge is 0.310 e. The zero-order valence-electron chi connectivity index (χ0n) is 10.4. The van der Waals surface area contributed by atoms with E-state index in [1.807, 2.05) is 6.92 Å². The first-order valence-corrected chi connectivity index (χ1v) is 6.50. The second-order valence-corrected chi connectivity index (χ2v) is 5.87. The summed E-state index contributed by atoms with van der Waals surface area (Å²) in [7, 11) is 0. The van der Waals surface area contributed by atoms with E-state index >= 15 is 0 Å². The van der Waals surface area contributed by atoms with Crippen molar-refractivity contribution < 1.29 is 9.90 Å². The topological polar surface area (TPSA) is 40.5 Å². The van der Waals surface area contributed by atoms with Crippen molar-refractivity contribution in [3.8, 4) is 0 Å². The van der Waals surface area contributed by atoms with Crippen LogP contribution in [0.15, 0.2) is 0 Å². The predicted molar refractivity (Wildman–Crippen MR) is 63.4 cm³/mol. The molecule has 3 heteroatoms. The van der Waals surface area contributed by atoms with Crippen LogP contribution in [0.1, 0.15) is 46.0 Å². The van der Waals surface area contributed by atoms with Crippen LogP contribution in [-0.4, -0.2) is 35.1 Å². The van der Waals surface area contributed by atoms with E-state index in [-0.39, 0.29) is 0 Å². The van der Waals surface area contributed by atoms with Crippen LogP contribution < -0.4 is 0 Å². The molecular formula is C13H23NO2. The third-order valence-corrected chi connectivity index (χ3v) is 4.68. The van der Waals surface area contributed by atoms with Crippen molar-refractivity contribution in [2.75, 3.05) is 13.1 Å². The molecule has 2 aliphatic rings. The molecule has 92 valence electrons. The first kappa shape index (κ1) is 11.9. The number of hydrogen-bond acceptors (Lipinski definition) is 2. The standard InChI is InChI=1S/C13H23NO2/c1-10(11-5-3-4-6-11)14-8-7-13(2,9-14)12(15)16/h10-11H,3-9H2,1-2H3,(H,15,16). The SMILES string of the molecule is CC(C1CCCC1)N1CCC(C)(C(=O)O)C1. The Kier molecular flexibility index (Phi) is 3.24. The summed E-state index contributed by atoms with van der Waals surface area (Å²) in [6.45, 7) is 5.86. The van der Waals surface area contributed by atoms with Gasteiger partial charge in [0.2, 0.25) is 0 Å². The molecule has 1 aliphatic carbocycles. The van der Waals surface area contributed by atoms with Gasteiger partial charge in [0.1, 0.15) is 0 Å². The lowest BCUT2D eigenvalue weighted by Gasteiger charge is -2.30. The Labute approximate surface area is 97.8 Å². The molecule has 1 aliphatic heterocycles. The van der Waals surface area contributed by atoms with Crippen LogP contribution in [0.3, 0.4) is 0 Å². The average Bonchev–Trinajstić information content (AvgIpc) is 2.85. The fourth-order valence-electron chi connectivity index (χ4n) is 3.26. The monoisotopic (exact) mass is 225 g/mol. The number of aliphatic carboxylic acids is 1. The van der Waals surface area contributed by atoms with Crippen molar-refractivity contribution in [1.82, 2.24) is 4.90 Å². The number of carboxylic acid groups (broad SMARTS) is 1. The number of hydrogen-bond donors (Lipinski definition) is 1. The third-order valence-electron chi connectivity index (χ3n) is 4.68. The van der Waals surface area contributed by atoms with E-state index in [2.05, 4.69) is 11.8 Å². The minimum absolute atomic E-state index is 0.507. The molecule has 1 saturated carbocycles. The van der Waals surface area contributed by atoms with Crippen molar-refractivity contribution in [3.05, 3.63) is 0 Å². The van der Waals surface area contributed by atoms with Crippen LogP contribution in [0.4, 0.5) is 0 Å². The molecule has 0 spiro atoms. The maximum absolute atomic E-state index is 11.2. The average molecular weight is 225 g/mol. The molecule has 1 N–H and O–H groups in total. The molecule has 0 bridgehead atoms. The van der Waals surface area contributed by atoms with Gasteiger partial charge in [0, 0.05) is 12.6 Å². The minimum atomic E-state index is -0.631. The normalized spacial score (nSPS) is 34.4. The summed E-state index contributed by atoms with van der Waals surface area (Å²) in [5.74, 6) is 0.171. The van der Waals surface area contributed by atoms with Crippen molar-refractivity contribution in [1.29, 1.82) is 0 Å². The summed E-state index contributed by atoms with van der Waals surface area (Å²) >= 11 is 0. The molecular weight excluding hydrogens is 202 g/mol. The van der Waals surface area contributed by atoms with Gasteiger partial charge in [0.25, 0.3) is 0 Å². The second-order valence-electron chi connectivity index (χ2n) is 5.87. The van der Waals surface area contributed by atoms with Crippen LogP contribution in [0.25, 0.3) is 0 Å². The molecule has 0 aromatic heterocycles. The highest BCUT2D eigenvalue weighted by molar-refractivity contribution is 5.74. The van der Waals surface area contributed by atoms with Crippen molar-refractivity contribution in [3.63, 3.8) is 0 Å². The highest BCUT2D eigenvalue weighted by Crippen LogP contribution is 2.36. The van der Waals surface area contributed by atoms with Gasteiger partial charge in [0.15, 0.2) is 0 Å². The fraction of sp³-hybridized carbons (Fsp3) is 0.923. The largest absolute Gasteiger partial charge is 0.481 e. The van der Waals surface area contributed by atoms with Crippen LogP contribution in [0.2, 0.25) is 0 Å². The summed E-state index contributed by atoms with van der Waals surface area (Å²) in [4.78, 5) is 13.6. The maximum Gasteiger partial charge on any atom is 0.310 e. The number of rotatable bonds is 3. The Bertz CT molecular complexity index is 273. The Hall–Kier alpha value is -0.570. The molecule has 2 fully saturated rings. The minimum Gasteiger partial charge on any atom is -0.481 e. The van der Waals surface area contributed by atoms with E-state index in [1.165, 1.54) is 25.7 Å². The van der Waals surface area contributed by atoms with E-state index in [9.17, 15) is 9.90 Å². The van der Waals surface area contributed by atoms with E-state index in [0.29, 0.717) is 6.04 Å². The third kappa shape index (κ3) is 2.10. The molecule has 1 heterocycles. The van der Waals surface area contributed by atoms with Crippen molar-refractivity contribution in [2.45, 2.75) is 52.0 Å². The summed E-state index contributed by atoms with van der Waals surface area (Å²) < 4.78 is 0. The number of nitrogens with zero attached hydrogens (tertiary/aromatic N) is 1. The molecule has 1 saturated heterocycles. The van der Waals surface area contributed by atoms with Crippen LogP contribution in [0.5, 0.6) is 0 Å². The van der Waals surface area contributed by atoms with Crippen molar-refractivity contribution in [2.24, 2.45) is 11.3 Å². The molecule has 16 heavy (non-hydrogen) atoms. The number of likely N-dealkylation sites (tertiary alicyclic amines) is 1. The lowest BCUT2D eigenvalue weighted by molar-refractivity contribution is -0.147. The zero-order chi connectivity index (χ0) is 11.8. The van der Waals surface area contributed by atoms with Gasteiger partial charge in [0.05, 0.1) is 5.41 Å². The Morgan fingerprint density at radius 3 is 2.56 bits per heavy atom. The van der Waals surface area contributed by atoms with Crippen LogP contribution in [0, 0.1) is 11.3 Å². The predicted octanol–water partition coefficient (Wildman–Crippen LogP) is 2.36. The lowest BCUT2D eigenvalue weighted by Crippen LogP contribution is -2.39. The lowest BCUT2D eigenvalue weighted by atomic mass is 9.90. The van der Waals surface area contributed by atoms with Crippen molar-refractivity contribution >= 4 is 5.97 Å². The molecule has 3 nitrogen and oxygen atoms in total. The summed E-state index contributed by atoms with van der Waals surface area (Å²) in [6.07, 6.45) is 6.19. The molecule has 0 aromatic carbocycles. The Morgan fingerprint density at radius 1 is 1.44 bits per heavy atom. The second kappa shape index (κ2) is 4.36. The summed E-state index contributed by atoms with van der Waals surface area (Å²) in [5.41, 5.74) is -0.507. The van der Waals surface area contributed by atoms with E-state index in [1.54, 1.807) is 0 Å². The van der Waals surface area contributed by atoms with Crippen LogP contribution >= 0.6 is 0 Å². The Morgan fingerprint density at radius 2 is 2.06 bits per heavy atom. The van der Waals surface area contributed by atoms with Gasteiger partial charge in [-0.3, -0.25) is 9.69 Å². The number of carboxylic acids is 1. The molecule has 0 amide bonds. The first-order valence-electron chi connectivity index (χ1n) is 6.50. The van der Waals surface area contributed by atoms with E-state index < -0.39 is 11.4 Å². The Balaban J connectivity index is 1.95. The fourth-order valence-corrected chi connectivity index (χ4v) is 3.26. The molecule has 2 rings (SSSR count). The van der Waals surface area contributed by atoms with Gasteiger partial charge in [-0.1, -0.05) is 12.8 Å². The summed E-state index contributed by atoms with van der Waals surface area (Å²) in [6, 6.07) is 0.573. The number of carbonyl (C=O) groups is 1. The van der Waals surface area contributed by atoms with Gasteiger partial charge in [-0.15, -0.1) is 0 Å². The van der Waals surface area contributed by atoms with E-state index in [0.717, 1.165) is 25.4 Å². The maximum atomic E-state index is 11.2. The zero-order valence-corrected chi connectivity index (χ0v) is 10.4. The molecule has 0 aromatic rings. The highest BCUT2D eigenvalue weighted by Gasteiger charge is 2.42. The van der Waals surface area contributed by atoms with Gasteiger partial charge in [-0.2, -0.15) is 0 Å². The summed E-state index contributed by atoms with van der Waals surface area (Å²) in [5, 5.41) is 9.21. The molecule has 2 unspecified atom stereocenters.